The molecule has 4 N–H and O–H groups in total. The van der Waals surface area contributed by atoms with Crippen LogP contribution in [0.5, 0.6) is 5.75 Å². The number of nitrogens with zero attached hydrogens (tertiary/aromatic N) is 1. The van der Waals surface area contributed by atoms with Gasteiger partial charge in [0, 0.05) is 34.1 Å². The zero-order valence-corrected chi connectivity index (χ0v) is 20.3. The molecule has 4 rings (SSSR count). The summed E-state index contributed by atoms with van der Waals surface area (Å²) in [6, 6.07) is 14.5. The Morgan fingerprint density at radius 2 is 1.79 bits per heavy atom. The van der Waals surface area contributed by atoms with Gasteiger partial charge in [-0.1, -0.05) is 23.7 Å². The van der Waals surface area contributed by atoms with Crippen molar-refractivity contribution in [2.75, 3.05) is 13.7 Å². The topological polar surface area (TPSA) is 125 Å². The van der Waals surface area contributed by atoms with Crippen LogP contribution in [-0.4, -0.2) is 52.1 Å². The average Bonchev–Trinajstić information content (AvgIpc) is 3.33. The zero-order valence-electron chi connectivity index (χ0n) is 19.5. The van der Waals surface area contributed by atoms with E-state index in [4.69, 9.17) is 26.2 Å². The van der Waals surface area contributed by atoms with Crippen molar-refractivity contribution < 1.29 is 42.1 Å². The Labute approximate surface area is 217 Å². The Morgan fingerprint density at radius 1 is 1.13 bits per heavy atom. The number of aliphatic carboxylic acids is 1. The quantitative estimate of drug-likeness (QED) is 0.245. The molecule has 0 radical (unpaired) electrons. The summed E-state index contributed by atoms with van der Waals surface area (Å²) in [6.07, 6.45) is -4.38. The molecule has 1 atom stereocenters. The van der Waals surface area contributed by atoms with Gasteiger partial charge in [-0.3, -0.25) is 9.89 Å². The Bertz CT molecular complexity index is 1440. The van der Waals surface area contributed by atoms with E-state index < -0.39 is 30.0 Å². The number of benzene rings is 3. The molecule has 0 fully saturated rings. The van der Waals surface area contributed by atoms with Crippen molar-refractivity contribution >= 4 is 34.4 Å². The summed E-state index contributed by atoms with van der Waals surface area (Å²) in [4.78, 5) is 21.6. The van der Waals surface area contributed by atoms with Gasteiger partial charge in [0.15, 0.2) is 0 Å². The second kappa shape index (κ2) is 11.9. The highest BCUT2D eigenvalue weighted by Gasteiger charge is 2.38. The Morgan fingerprint density at radius 3 is 2.39 bits per heavy atom. The lowest BCUT2D eigenvalue weighted by Gasteiger charge is -2.14. The summed E-state index contributed by atoms with van der Waals surface area (Å²) >= 11 is 5.86. The molecule has 1 amide bonds. The molecule has 0 bridgehead atoms. The van der Waals surface area contributed by atoms with E-state index in [1.54, 1.807) is 54.7 Å². The summed E-state index contributed by atoms with van der Waals surface area (Å²) in [5, 5.41) is 28.1. The van der Waals surface area contributed by atoms with E-state index in [-0.39, 0.29) is 12.1 Å². The average molecular weight is 554 g/mol. The molecule has 200 valence electrons. The number of aliphatic hydroxyl groups excluding tert-OH is 1. The number of ether oxygens (including phenoxy) is 1. The summed E-state index contributed by atoms with van der Waals surface area (Å²) in [5.41, 5.74) is 2.31. The van der Waals surface area contributed by atoms with Crippen LogP contribution in [-0.2, 0) is 4.79 Å². The largest absolute Gasteiger partial charge is 0.497 e. The van der Waals surface area contributed by atoms with Crippen LogP contribution in [0.2, 0.25) is 5.02 Å². The van der Waals surface area contributed by atoms with Gasteiger partial charge in [-0.05, 0) is 47.5 Å². The molecular weight excluding hydrogens is 534 g/mol. The molecule has 8 nitrogen and oxygen atoms in total. The second-order valence-electron chi connectivity index (χ2n) is 7.82. The molecule has 0 saturated carbocycles. The smallest absolute Gasteiger partial charge is 0.490 e. The molecule has 38 heavy (non-hydrogen) atoms. The van der Waals surface area contributed by atoms with Gasteiger partial charge in [-0.25, -0.2) is 9.18 Å². The number of H-pyrrole nitrogens is 1. The Balaban J connectivity index is 0.000000505. The maximum Gasteiger partial charge on any atom is 0.490 e. The predicted octanol–water partition coefficient (Wildman–Crippen LogP) is 5.13. The molecule has 1 unspecified atom stereocenters. The van der Waals surface area contributed by atoms with E-state index in [2.05, 4.69) is 15.5 Å². The number of aromatic nitrogens is 2. The SMILES string of the molecule is COc1cc(C(=O)NCC(O)c2ccc(Cl)cc2)cc(-c2cc3cn[nH]c3cc2F)c1.O=C(O)C(F)(F)F. The van der Waals surface area contributed by atoms with E-state index in [9.17, 15) is 27.5 Å². The molecule has 1 aromatic heterocycles. The second-order valence-corrected chi connectivity index (χ2v) is 8.26. The first kappa shape index (κ1) is 28.4. The van der Waals surface area contributed by atoms with Gasteiger partial charge in [0.25, 0.3) is 5.91 Å². The predicted molar refractivity (Wildman–Crippen MR) is 130 cm³/mol. The van der Waals surface area contributed by atoms with Crippen molar-refractivity contribution in [2.45, 2.75) is 12.3 Å². The van der Waals surface area contributed by atoms with Crippen LogP contribution in [0.3, 0.4) is 0 Å². The lowest BCUT2D eigenvalue weighted by Crippen LogP contribution is -2.28. The molecule has 13 heteroatoms. The number of carboxylic acids is 1. The van der Waals surface area contributed by atoms with Gasteiger partial charge in [0.05, 0.1) is 24.9 Å². The first-order valence-electron chi connectivity index (χ1n) is 10.7. The highest BCUT2D eigenvalue weighted by atomic mass is 35.5. The van der Waals surface area contributed by atoms with Gasteiger partial charge in [0.1, 0.15) is 11.6 Å². The van der Waals surface area contributed by atoms with E-state index in [0.717, 1.165) is 5.39 Å². The minimum absolute atomic E-state index is 0.00233. The number of nitrogens with one attached hydrogen (secondary N) is 2. The van der Waals surface area contributed by atoms with Gasteiger partial charge < -0.3 is 20.3 Å². The van der Waals surface area contributed by atoms with E-state index in [1.165, 1.54) is 13.2 Å². The standard InChI is InChI=1S/C23H19ClFN3O3.C2HF3O2/c1-31-18-7-14(19-9-16-11-27-28-21(16)10-20(19)25)6-15(8-18)23(30)26-12-22(29)13-2-4-17(24)5-3-13;3-2(4,5)1(6)7/h2-11,22,29H,12H2,1H3,(H,26,30)(H,27,28);(H,6,7). The zero-order chi connectivity index (χ0) is 28.0. The van der Waals surface area contributed by atoms with Crippen molar-refractivity contribution in [1.29, 1.82) is 0 Å². The molecule has 1 heterocycles. The van der Waals surface area contributed by atoms with Crippen molar-refractivity contribution in [3.8, 4) is 16.9 Å². The van der Waals surface area contributed by atoms with Gasteiger partial charge in [-0.2, -0.15) is 18.3 Å². The van der Waals surface area contributed by atoms with Gasteiger partial charge in [0.2, 0.25) is 0 Å². The van der Waals surface area contributed by atoms with Crippen LogP contribution < -0.4 is 10.1 Å². The lowest BCUT2D eigenvalue weighted by atomic mass is 10.00. The molecule has 3 aromatic carbocycles. The third-order valence-electron chi connectivity index (χ3n) is 5.20. The van der Waals surface area contributed by atoms with Crippen molar-refractivity contribution in [2.24, 2.45) is 0 Å². The summed E-state index contributed by atoms with van der Waals surface area (Å²) in [5.74, 6) is -3.22. The van der Waals surface area contributed by atoms with Crippen LogP contribution >= 0.6 is 11.6 Å². The fraction of sp³-hybridized carbons (Fsp3) is 0.160. The van der Waals surface area contributed by atoms with Crippen molar-refractivity contribution in [1.82, 2.24) is 15.5 Å². The number of alkyl halides is 3. The normalized spacial score (nSPS) is 11.9. The van der Waals surface area contributed by atoms with Gasteiger partial charge in [-0.15, -0.1) is 0 Å². The maximum atomic E-state index is 14.7. The number of rotatable bonds is 6. The Hall–Kier alpha value is -4.16. The molecule has 0 saturated heterocycles. The molecule has 0 aliphatic heterocycles. The molecular formula is C25H20ClF4N3O5. The van der Waals surface area contributed by atoms with Crippen LogP contribution in [0.15, 0.2) is 60.8 Å². The fourth-order valence-electron chi connectivity index (χ4n) is 3.28. The Kier molecular flexibility index (Phi) is 8.92. The van der Waals surface area contributed by atoms with Crippen molar-refractivity contribution in [3.63, 3.8) is 0 Å². The molecule has 0 aliphatic carbocycles. The molecule has 4 aromatic rings. The van der Waals surface area contributed by atoms with E-state index in [0.29, 0.717) is 33.0 Å². The highest BCUT2D eigenvalue weighted by molar-refractivity contribution is 6.30. The third-order valence-corrected chi connectivity index (χ3v) is 5.45. The van der Waals surface area contributed by atoms with Crippen LogP contribution in [0.25, 0.3) is 22.0 Å². The number of carboxylic acid groups (broad SMARTS) is 1. The summed E-state index contributed by atoms with van der Waals surface area (Å²) in [7, 11) is 1.47. The minimum atomic E-state index is -5.08. The number of hydrogen-bond acceptors (Lipinski definition) is 5. The number of amides is 1. The minimum Gasteiger partial charge on any atom is -0.497 e. The van der Waals surface area contributed by atoms with Crippen LogP contribution in [0, 0.1) is 5.82 Å². The first-order valence-corrected chi connectivity index (χ1v) is 11.1. The van der Waals surface area contributed by atoms with Crippen molar-refractivity contribution in [3.05, 3.63) is 82.8 Å². The number of carbonyl (C=O) groups is 2. The van der Waals surface area contributed by atoms with Crippen LogP contribution in [0.1, 0.15) is 22.0 Å². The number of aromatic amines is 1. The highest BCUT2D eigenvalue weighted by Crippen LogP contribution is 2.31. The number of fused-ring (bicyclic) bond motifs is 1. The van der Waals surface area contributed by atoms with Crippen LogP contribution in [0.4, 0.5) is 17.6 Å². The van der Waals surface area contributed by atoms with E-state index >= 15 is 0 Å². The van der Waals surface area contributed by atoms with Gasteiger partial charge >= 0.3 is 12.1 Å². The number of aliphatic hydroxyl groups is 1. The maximum absolute atomic E-state index is 14.7. The first-order chi connectivity index (χ1) is 17.9. The lowest BCUT2D eigenvalue weighted by molar-refractivity contribution is -0.192. The third kappa shape index (κ3) is 7.20. The number of hydrogen-bond donors (Lipinski definition) is 4. The monoisotopic (exact) mass is 553 g/mol. The molecule has 0 spiro atoms. The number of halogens is 5. The van der Waals surface area contributed by atoms with E-state index in [1.807, 2.05) is 0 Å². The summed E-state index contributed by atoms with van der Waals surface area (Å²) in [6.45, 7) is 0.00233. The fourth-order valence-corrected chi connectivity index (χ4v) is 3.41. The number of carbonyl (C=O) groups excluding carboxylic acids is 1. The molecule has 0 aliphatic rings. The number of methoxy groups -OCH3 is 1. The summed E-state index contributed by atoms with van der Waals surface area (Å²) < 4.78 is 51.7.